The molecular formula is C19H39N. The maximum Gasteiger partial charge on any atom is 0.00953 e. The molecule has 0 aromatic carbocycles. The quantitative estimate of drug-likeness (QED) is 0.555. The summed E-state index contributed by atoms with van der Waals surface area (Å²) in [4.78, 5) is 0. The summed E-state index contributed by atoms with van der Waals surface area (Å²) in [6.07, 6.45) is 12.6. The molecule has 1 N–H and O–H groups in total. The van der Waals surface area contributed by atoms with Gasteiger partial charge in [0.15, 0.2) is 0 Å². The summed E-state index contributed by atoms with van der Waals surface area (Å²) in [5.41, 5.74) is 0.513. The van der Waals surface area contributed by atoms with Crippen LogP contribution in [0.5, 0.6) is 0 Å². The van der Waals surface area contributed by atoms with Crippen LogP contribution in [0.4, 0.5) is 0 Å². The molecule has 0 aliphatic heterocycles. The summed E-state index contributed by atoms with van der Waals surface area (Å²) in [7, 11) is 0. The number of unbranched alkanes of at least 4 members (excludes halogenated alkanes) is 2. The Morgan fingerprint density at radius 3 is 2.10 bits per heavy atom. The lowest BCUT2D eigenvalue weighted by Gasteiger charge is -2.40. The second kappa shape index (κ2) is 9.07. The Morgan fingerprint density at radius 2 is 1.60 bits per heavy atom. The van der Waals surface area contributed by atoms with Crippen LogP contribution in [0, 0.1) is 17.3 Å². The summed E-state index contributed by atoms with van der Waals surface area (Å²) >= 11 is 0. The lowest BCUT2D eigenvalue weighted by molar-refractivity contribution is 0.129. The van der Waals surface area contributed by atoms with Gasteiger partial charge in [0, 0.05) is 6.04 Å². The minimum Gasteiger partial charge on any atom is -0.314 e. The van der Waals surface area contributed by atoms with Crippen LogP contribution >= 0.6 is 0 Å². The van der Waals surface area contributed by atoms with Crippen molar-refractivity contribution in [3.05, 3.63) is 0 Å². The van der Waals surface area contributed by atoms with E-state index in [0.29, 0.717) is 5.41 Å². The zero-order chi connectivity index (χ0) is 15.0. The van der Waals surface area contributed by atoms with Crippen LogP contribution in [0.1, 0.15) is 92.4 Å². The number of hydrogen-bond donors (Lipinski definition) is 1. The second-order valence-corrected chi connectivity index (χ2v) is 8.03. The van der Waals surface area contributed by atoms with Gasteiger partial charge in [0.1, 0.15) is 0 Å². The maximum absolute atomic E-state index is 3.85. The molecule has 0 saturated heterocycles. The predicted octanol–water partition coefficient (Wildman–Crippen LogP) is 5.79. The van der Waals surface area contributed by atoms with Crippen LogP contribution in [0.25, 0.3) is 0 Å². The summed E-state index contributed by atoms with van der Waals surface area (Å²) in [5.74, 6) is 1.89. The van der Waals surface area contributed by atoms with Crippen LogP contribution in [0.2, 0.25) is 0 Å². The first kappa shape index (κ1) is 18.0. The van der Waals surface area contributed by atoms with Gasteiger partial charge in [-0.2, -0.15) is 0 Å². The van der Waals surface area contributed by atoms with Crippen LogP contribution < -0.4 is 5.32 Å². The molecule has 120 valence electrons. The van der Waals surface area contributed by atoms with Crippen LogP contribution in [0.15, 0.2) is 0 Å². The molecule has 0 heterocycles. The molecule has 0 aromatic heterocycles. The van der Waals surface area contributed by atoms with E-state index >= 15 is 0 Å². The average Bonchev–Trinajstić information content (AvgIpc) is 2.42. The molecule has 1 rings (SSSR count). The van der Waals surface area contributed by atoms with Gasteiger partial charge in [-0.1, -0.05) is 53.9 Å². The molecule has 0 bridgehead atoms. The Kier molecular flexibility index (Phi) is 8.17. The highest BCUT2D eigenvalue weighted by atomic mass is 14.9. The van der Waals surface area contributed by atoms with Crippen molar-refractivity contribution < 1.29 is 0 Å². The predicted molar refractivity (Wildman–Crippen MR) is 91.1 cm³/mol. The molecule has 0 aromatic rings. The summed E-state index contributed by atoms with van der Waals surface area (Å²) in [6, 6.07) is 0.794. The van der Waals surface area contributed by atoms with Gasteiger partial charge in [-0.15, -0.1) is 0 Å². The minimum absolute atomic E-state index is 0.513. The molecule has 1 aliphatic carbocycles. The van der Waals surface area contributed by atoms with E-state index in [1.165, 1.54) is 64.3 Å². The van der Waals surface area contributed by atoms with Gasteiger partial charge in [-0.3, -0.25) is 0 Å². The lowest BCUT2D eigenvalue weighted by Crippen LogP contribution is -2.39. The average molecular weight is 282 g/mol. The van der Waals surface area contributed by atoms with E-state index < -0.39 is 0 Å². The highest BCUT2D eigenvalue weighted by molar-refractivity contribution is 4.85. The molecule has 0 radical (unpaired) electrons. The summed E-state index contributed by atoms with van der Waals surface area (Å²) < 4.78 is 0. The van der Waals surface area contributed by atoms with E-state index in [2.05, 4.69) is 39.9 Å². The highest BCUT2D eigenvalue weighted by Crippen LogP contribution is 2.41. The fraction of sp³-hybridized carbons (Fsp3) is 1.00. The Bertz CT molecular complexity index is 233. The van der Waals surface area contributed by atoms with Gasteiger partial charge in [0.25, 0.3) is 0 Å². The zero-order valence-corrected chi connectivity index (χ0v) is 14.8. The fourth-order valence-electron chi connectivity index (χ4n) is 3.84. The van der Waals surface area contributed by atoms with Gasteiger partial charge >= 0.3 is 0 Å². The summed E-state index contributed by atoms with van der Waals surface area (Å²) in [6.45, 7) is 13.1. The van der Waals surface area contributed by atoms with E-state index in [1.807, 2.05) is 0 Å². The minimum atomic E-state index is 0.513. The topological polar surface area (TPSA) is 12.0 Å². The lowest BCUT2D eigenvalue weighted by atomic mass is 9.68. The van der Waals surface area contributed by atoms with Crippen molar-refractivity contribution in [2.75, 3.05) is 6.54 Å². The van der Waals surface area contributed by atoms with Crippen molar-refractivity contribution in [1.82, 2.24) is 5.32 Å². The molecule has 20 heavy (non-hydrogen) atoms. The van der Waals surface area contributed by atoms with Crippen LogP contribution in [-0.2, 0) is 0 Å². The third-order valence-corrected chi connectivity index (χ3v) is 5.34. The molecule has 1 fully saturated rings. The molecule has 0 spiro atoms. The molecule has 1 aliphatic rings. The van der Waals surface area contributed by atoms with Crippen molar-refractivity contribution in [1.29, 1.82) is 0 Å². The zero-order valence-electron chi connectivity index (χ0n) is 14.8. The maximum atomic E-state index is 3.85. The van der Waals surface area contributed by atoms with Gasteiger partial charge in [-0.05, 0) is 62.3 Å². The van der Waals surface area contributed by atoms with Crippen LogP contribution in [-0.4, -0.2) is 12.6 Å². The largest absolute Gasteiger partial charge is 0.314 e. The van der Waals surface area contributed by atoms with Gasteiger partial charge in [0.05, 0.1) is 0 Å². The standard InChI is InChI=1S/C19H39N/c1-6-8-9-10-18(20-15-7-2)16-11-13-17(14-12-16)19(3,4)5/h16-18,20H,6-15H2,1-5H3. The van der Waals surface area contributed by atoms with E-state index in [9.17, 15) is 0 Å². The monoisotopic (exact) mass is 281 g/mol. The summed E-state index contributed by atoms with van der Waals surface area (Å²) in [5, 5.41) is 3.85. The van der Waals surface area contributed by atoms with Gasteiger partial charge in [-0.25, -0.2) is 0 Å². The molecule has 1 unspecified atom stereocenters. The molecular weight excluding hydrogens is 242 g/mol. The van der Waals surface area contributed by atoms with Crippen molar-refractivity contribution in [3.8, 4) is 0 Å². The second-order valence-electron chi connectivity index (χ2n) is 8.03. The first-order valence-electron chi connectivity index (χ1n) is 9.22. The van der Waals surface area contributed by atoms with Gasteiger partial charge < -0.3 is 5.32 Å². The Balaban J connectivity index is 2.42. The Labute approximate surface area is 128 Å². The van der Waals surface area contributed by atoms with Crippen molar-refractivity contribution in [3.63, 3.8) is 0 Å². The van der Waals surface area contributed by atoms with E-state index in [4.69, 9.17) is 0 Å². The molecule has 1 saturated carbocycles. The molecule has 1 heteroatoms. The molecule has 1 nitrogen and oxygen atoms in total. The van der Waals surface area contributed by atoms with E-state index in [0.717, 1.165) is 17.9 Å². The van der Waals surface area contributed by atoms with E-state index in [1.54, 1.807) is 0 Å². The first-order valence-corrected chi connectivity index (χ1v) is 9.22. The number of hydrogen-bond acceptors (Lipinski definition) is 1. The molecule has 0 amide bonds. The number of nitrogens with one attached hydrogen (secondary N) is 1. The fourth-order valence-corrected chi connectivity index (χ4v) is 3.84. The van der Waals surface area contributed by atoms with Crippen molar-refractivity contribution in [2.45, 2.75) is 98.4 Å². The number of rotatable bonds is 8. The molecule has 1 atom stereocenters. The van der Waals surface area contributed by atoms with Crippen molar-refractivity contribution >= 4 is 0 Å². The third kappa shape index (κ3) is 6.16. The van der Waals surface area contributed by atoms with Crippen molar-refractivity contribution in [2.24, 2.45) is 17.3 Å². The normalized spacial score (nSPS) is 25.6. The third-order valence-electron chi connectivity index (χ3n) is 5.34. The smallest absolute Gasteiger partial charge is 0.00953 e. The SMILES string of the molecule is CCCCCC(NCCC)C1CCC(C(C)(C)C)CC1. The van der Waals surface area contributed by atoms with Gasteiger partial charge in [0.2, 0.25) is 0 Å². The van der Waals surface area contributed by atoms with Crippen LogP contribution in [0.3, 0.4) is 0 Å². The Morgan fingerprint density at radius 1 is 0.950 bits per heavy atom. The highest BCUT2D eigenvalue weighted by Gasteiger charge is 2.32. The Hall–Kier alpha value is -0.0400. The van der Waals surface area contributed by atoms with E-state index in [-0.39, 0.29) is 0 Å². The first-order chi connectivity index (χ1) is 9.49.